The van der Waals surface area contributed by atoms with Crippen molar-refractivity contribution in [1.82, 2.24) is 5.01 Å². The lowest BCUT2D eigenvalue weighted by Gasteiger charge is -2.13. The average molecular weight is 455 g/mol. The number of aryl methyl sites for hydroxylation is 1. The molecular weight excluding hydrogens is 435 g/mol. The van der Waals surface area contributed by atoms with Crippen LogP contribution in [0.25, 0.3) is 0 Å². The molecule has 2 aliphatic carbocycles. The summed E-state index contributed by atoms with van der Waals surface area (Å²) in [6, 6.07) is 11.3. The van der Waals surface area contributed by atoms with E-state index in [0.717, 1.165) is 17.0 Å². The highest BCUT2D eigenvalue weighted by molar-refractivity contribution is 6.37. The number of carbonyl (C=O) groups is 2. The number of hydrogen-bond acceptors (Lipinski definition) is 4. The number of hydrazone groups is 1. The number of halogens is 2. The topological polar surface area (TPSA) is 59.0 Å². The van der Waals surface area contributed by atoms with E-state index < -0.39 is 0 Å². The van der Waals surface area contributed by atoms with E-state index in [2.05, 4.69) is 17.3 Å². The number of ether oxygens (including phenoxy) is 1. The smallest absolute Gasteiger partial charge is 0.254 e. The molecule has 158 valence electrons. The second-order valence-electron chi connectivity index (χ2n) is 8.32. The summed E-state index contributed by atoms with van der Waals surface area (Å²) in [7, 11) is 0. The van der Waals surface area contributed by atoms with Crippen LogP contribution in [0, 0.1) is 30.6 Å². The maximum atomic E-state index is 12.7. The Labute approximate surface area is 190 Å². The lowest BCUT2D eigenvalue weighted by atomic mass is 9.85. The molecule has 4 atom stereocenters. The molecule has 1 saturated carbocycles. The zero-order chi connectivity index (χ0) is 21.7. The third-order valence-electron chi connectivity index (χ3n) is 6.29. The number of nitrogens with zero attached hydrogens (tertiary/aromatic N) is 2. The molecule has 2 aromatic carbocycles. The van der Waals surface area contributed by atoms with Crippen molar-refractivity contribution < 1.29 is 14.3 Å². The average Bonchev–Trinajstić information content (AvgIpc) is 3.42. The minimum atomic E-state index is -0.274. The molecular formula is C24H20Cl2N2O3. The summed E-state index contributed by atoms with van der Waals surface area (Å²) in [5.74, 6) is -0.307. The van der Waals surface area contributed by atoms with E-state index in [-0.39, 0.29) is 35.5 Å². The maximum absolute atomic E-state index is 12.7. The Morgan fingerprint density at radius 2 is 1.61 bits per heavy atom. The fraction of sp³-hybridized carbons (Fsp3) is 0.292. The predicted molar refractivity (Wildman–Crippen MR) is 119 cm³/mol. The molecule has 1 aliphatic heterocycles. The van der Waals surface area contributed by atoms with Crippen molar-refractivity contribution in [2.45, 2.75) is 20.0 Å². The van der Waals surface area contributed by atoms with Crippen LogP contribution < -0.4 is 4.74 Å². The van der Waals surface area contributed by atoms with Crippen molar-refractivity contribution in [3.05, 3.63) is 75.3 Å². The van der Waals surface area contributed by atoms with Crippen molar-refractivity contribution in [3.8, 4) is 5.75 Å². The molecule has 5 rings (SSSR count). The molecule has 2 bridgehead atoms. The highest BCUT2D eigenvalue weighted by Crippen LogP contribution is 2.52. The molecule has 0 spiro atoms. The molecule has 0 radical (unpaired) electrons. The number of rotatable bonds is 5. The van der Waals surface area contributed by atoms with Gasteiger partial charge in [-0.25, -0.2) is 0 Å². The predicted octanol–water partition coefficient (Wildman–Crippen LogP) is 5.02. The van der Waals surface area contributed by atoms with Gasteiger partial charge in [0.1, 0.15) is 6.61 Å². The molecule has 2 fully saturated rings. The number of benzene rings is 2. The van der Waals surface area contributed by atoms with Gasteiger partial charge in [0, 0.05) is 0 Å². The summed E-state index contributed by atoms with van der Waals surface area (Å²) in [6.45, 7) is 2.36. The quantitative estimate of drug-likeness (QED) is 0.361. The first-order chi connectivity index (χ1) is 14.9. The van der Waals surface area contributed by atoms with Crippen LogP contribution in [-0.4, -0.2) is 23.0 Å². The van der Waals surface area contributed by atoms with Gasteiger partial charge >= 0.3 is 0 Å². The summed E-state index contributed by atoms with van der Waals surface area (Å²) in [6.07, 6.45) is 6.44. The second kappa shape index (κ2) is 7.81. The standard InChI is InChI=1S/C24H20Cl2N2O3/c1-13-2-4-14(5-3-13)12-31-22-18(25)8-15(9-19(22)26)11-27-28-23(29)20-16-6-7-17(10-16)21(20)24(28)30/h2-9,11,16-17,20-21H,10,12H2,1H3/t16-,17-,20-,21+/m0/s1. The summed E-state index contributed by atoms with van der Waals surface area (Å²) in [4.78, 5) is 25.4. The molecule has 0 aromatic heterocycles. The monoisotopic (exact) mass is 454 g/mol. The van der Waals surface area contributed by atoms with Gasteiger partial charge in [-0.1, -0.05) is 65.2 Å². The molecule has 0 N–H and O–H groups in total. The minimum Gasteiger partial charge on any atom is -0.486 e. The maximum Gasteiger partial charge on any atom is 0.254 e. The first-order valence-electron chi connectivity index (χ1n) is 10.2. The van der Waals surface area contributed by atoms with Gasteiger partial charge in [-0.2, -0.15) is 10.1 Å². The van der Waals surface area contributed by atoms with Crippen LogP contribution in [0.4, 0.5) is 0 Å². The zero-order valence-electron chi connectivity index (χ0n) is 16.8. The van der Waals surface area contributed by atoms with Crippen molar-refractivity contribution in [3.63, 3.8) is 0 Å². The lowest BCUT2D eigenvalue weighted by molar-refractivity contribution is -0.140. The molecule has 5 nitrogen and oxygen atoms in total. The first kappa shape index (κ1) is 20.3. The molecule has 2 amide bonds. The van der Waals surface area contributed by atoms with Crippen LogP contribution >= 0.6 is 23.2 Å². The van der Waals surface area contributed by atoms with Crippen LogP contribution in [0.5, 0.6) is 5.75 Å². The number of fused-ring (bicyclic) bond motifs is 5. The van der Waals surface area contributed by atoms with Crippen LogP contribution in [-0.2, 0) is 16.2 Å². The highest BCUT2D eigenvalue weighted by atomic mass is 35.5. The number of allylic oxidation sites excluding steroid dienone is 2. The molecule has 7 heteroatoms. The van der Waals surface area contributed by atoms with Gasteiger partial charge in [-0.3, -0.25) is 9.59 Å². The summed E-state index contributed by atoms with van der Waals surface area (Å²) in [5.41, 5.74) is 2.76. The molecule has 1 saturated heterocycles. The molecule has 0 unspecified atom stereocenters. The van der Waals surface area contributed by atoms with E-state index in [1.807, 2.05) is 31.2 Å². The van der Waals surface area contributed by atoms with E-state index in [9.17, 15) is 9.59 Å². The Hall–Kier alpha value is -2.63. The Morgan fingerprint density at radius 3 is 2.19 bits per heavy atom. The van der Waals surface area contributed by atoms with E-state index in [1.54, 1.807) is 12.1 Å². The van der Waals surface area contributed by atoms with Crippen molar-refractivity contribution in [2.24, 2.45) is 28.8 Å². The highest BCUT2D eigenvalue weighted by Gasteiger charge is 2.59. The van der Waals surface area contributed by atoms with Gasteiger partial charge < -0.3 is 4.74 Å². The van der Waals surface area contributed by atoms with Crippen molar-refractivity contribution >= 4 is 41.2 Å². The fourth-order valence-corrected chi connectivity index (χ4v) is 5.37. The number of hydrogen-bond donors (Lipinski definition) is 0. The van der Waals surface area contributed by atoms with E-state index in [4.69, 9.17) is 27.9 Å². The van der Waals surface area contributed by atoms with E-state index in [0.29, 0.717) is 28.0 Å². The Bertz CT molecular complexity index is 1070. The van der Waals surface area contributed by atoms with Gasteiger partial charge in [0.25, 0.3) is 11.8 Å². The van der Waals surface area contributed by atoms with E-state index in [1.165, 1.54) is 11.8 Å². The normalized spacial score (nSPS) is 26.4. The van der Waals surface area contributed by atoms with Gasteiger partial charge in [-0.15, -0.1) is 0 Å². The Kier molecular flexibility index (Phi) is 5.11. The second-order valence-corrected chi connectivity index (χ2v) is 9.14. The molecule has 1 heterocycles. The van der Waals surface area contributed by atoms with Crippen molar-refractivity contribution in [2.75, 3.05) is 0 Å². The largest absolute Gasteiger partial charge is 0.486 e. The number of imide groups is 1. The third kappa shape index (κ3) is 3.56. The number of amides is 2. The van der Waals surface area contributed by atoms with Crippen LogP contribution in [0.1, 0.15) is 23.1 Å². The van der Waals surface area contributed by atoms with Gasteiger partial charge in [0.05, 0.1) is 28.1 Å². The molecule has 31 heavy (non-hydrogen) atoms. The lowest BCUT2D eigenvalue weighted by Crippen LogP contribution is -2.28. The van der Waals surface area contributed by atoms with Gasteiger partial charge in [0.15, 0.2) is 5.75 Å². The van der Waals surface area contributed by atoms with Crippen LogP contribution in [0.2, 0.25) is 10.0 Å². The molecule has 2 aromatic rings. The van der Waals surface area contributed by atoms with Gasteiger partial charge in [0.2, 0.25) is 0 Å². The van der Waals surface area contributed by atoms with Crippen LogP contribution in [0.3, 0.4) is 0 Å². The summed E-state index contributed by atoms with van der Waals surface area (Å²) >= 11 is 12.8. The van der Waals surface area contributed by atoms with E-state index >= 15 is 0 Å². The third-order valence-corrected chi connectivity index (χ3v) is 6.86. The van der Waals surface area contributed by atoms with Crippen LogP contribution in [0.15, 0.2) is 53.7 Å². The number of carbonyl (C=O) groups excluding carboxylic acids is 2. The Morgan fingerprint density at radius 1 is 1.03 bits per heavy atom. The van der Waals surface area contributed by atoms with Gasteiger partial charge in [-0.05, 0) is 48.4 Å². The Balaban J connectivity index is 1.30. The van der Waals surface area contributed by atoms with Crippen molar-refractivity contribution in [1.29, 1.82) is 0 Å². The first-order valence-corrected chi connectivity index (χ1v) is 11.0. The SMILES string of the molecule is Cc1ccc(COc2c(Cl)cc(C=NN3C(=O)[C@@H]4[C@H](C3=O)[C@H]3C=C[C@H]4C3)cc2Cl)cc1. The summed E-state index contributed by atoms with van der Waals surface area (Å²) < 4.78 is 5.81. The zero-order valence-corrected chi connectivity index (χ0v) is 18.3. The fourth-order valence-electron chi connectivity index (χ4n) is 4.76. The summed E-state index contributed by atoms with van der Waals surface area (Å²) in [5, 5.41) is 5.84. The molecule has 3 aliphatic rings. The minimum absolute atomic E-state index is 0.153.